The number of benzene rings is 1. The molecule has 2 aromatic rings. The maximum Gasteiger partial charge on any atom is 0.243 e. The van der Waals surface area contributed by atoms with Crippen LogP contribution in [0.1, 0.15) is 24.6 Å². The molecule has 1 aromatic heterocycles. The van der Waals surface area contributed by atoms with E-state index >= 15 is 0 Å². The van der Waals surface area contributed by atoms with Gasteiger partial charge in [-0.05, 0) is 29.7 Å². The number of ketones is 1. The number of aromatic nitrogens is 3. The van der Waals surface area contributed by atoms with Crippen molar-refractivity contribution in [2.24, 2.45) is 5.73 Å². The molecule has 0 radical (unpaired) electrons. The van der Waals surface area contributed by atoms with Gasteiger partial charge >= 0.3 is 0 Å². The number of ether oxygens (including phenoxy) is 3. The number of hydrogen-bond donors (Lipinski definition) is 1. The van der Waals surface area contributed by atoms with Gasteiger partial charge in [0.1, 0.15) is 25.3 Å². The summed E-state index contributed by atoms with van der Waals surface area (Å²) in [6, 6.07) is 8.89. The second-order valence-corrected chi connectivity index (χ2v) is 15.5. The lowest BCUT2D eigenvalue weighted by Gasteiger charge is -2.31. The van der Waals surface area contributed by atoms with E-state index < -0.39 is 55.7 Å². The van der Waals surface area contributed by atoms with Crippen LogP contribution in [0.15, 0.2) is 96.4 Å². The van der Waals surface area contributed by atoms with Crippen LogP contribution < -0.4 is 5.73 Å². The molecule has 2 N–H and O–H groups in total. The molecule has 358 valence electrons. The summed E-state index contributed by atoms with van der Waals surface area (Å²) in [5.41, 5.74) is 8.44. The van der Waals surface area contributed by atoms with Crippen LogP contribution in [-0.4, -0.2) is 193 Å². The number of nitrogens with two attached hydrogens (primary N) is 1. The van der Waals surface area contributed by atoms with Gasteiger partial charge in [0.2, 0.25) is 35.4 Å². The van der Waals surface area contributed by atoms with Crippen LogP contribution in [0.5, 0.6) is 0 Å². The third-order valence-electron chi connectivity index (χ3n) is 10.1. The molecule has 3 rings (SSSR count). The summed E-state index contributed by atoms with van der Waals surface area (Å²) in [4.78, 5) is 102. The summed E-state index contributed by atoms with van der Waals surface area (Å²) in [5, 5.41) is 8.35. The minimum absolute atomic E-state index is 0.00435. The molecule has 0 atom stereocenters. The number of amides is 6. The molecular formula is C46H64N10O10. The molecule has 1 aromatic carbocycles. The Kier molecular flexibility index (Phi) is 22.9. The second kappa shape index (κ2) is 28.2. The Morgan fingerprint density at radius 3 is 1.80 bits per heavy atom. The summed E-state index contributed by atoms with van der Waals surface area (Å²) < 4.78 is 16.8. The third-order valence-corrected chi connectivity index (χ3v) is 10.1. The van der Waals surface area contributed by atoms with Crippen LogP contribution in [0.4, 0.5) is 0 Å². The number of Topliss-reactive ketones (excluding diaryl/α,β-unsaturated/α-hetero) is 1. The van der Waals surface area contributed by atoms with Gasteiger partial charge in [-0.25, -0.2) is 4.68 Å². The fourth-order valence-corrected chi connectivity index (χ4v) is 6.39. The fraction of sp³-hybridized carbons (Fsp3) is 0.457. The lowest BCUT2D eigenvalue weighted by atomic mass is 10.1. The van der Waals surface area contributed by atoms with Crippen LogP contribution in [0.2, 0.25) is 0 Å². The first kappa shape index (κ1) is 53.6. The normalized spacial score (nSPS) is 14.2. The van der Waals surface area contributed by atoms with Crippen molar-refractivity contribution in [2.75, 3.05) is 108 Å². The Balaban J connectivity index is 1.94. The van der Waals surface area contributed by atoms with Gasteiger partial charge in [-0.2, -0.15) is 0 Å². The minimum atomic E-state index is -0.780. The number of hydrogen-bond acceptors (Lipinski definition) is 13. The zero-order valence-electron chi connectivity index (χ0n) is 38.9. The van der Waals surface area contributed by atoms with Gasteiger partial charge in [-0.3, -0.25) is 33.6 Å². The highest BCUT2D eigenvalue weighted by atomic mass is 16.5. The third kappa shape index (κ3) is 18.8. The molecular weight excluding hydrogens is 853 g/mol. The van der Waals surface area contributed by atoms with E-state index in [1.807, 2.05) is 37.2 Å². The summed E-state index contributed by atoms with van der Waals surface area (Å²) in [7, 11) is 8.20. The van der Waals surface area contributed by atoms with E-state index in [2.05, 4.69) is 16.9 Å². The van der Waals surface area contributed by atoms with Gasteiger partial charge in [0, 0.05) is 79.8 Å². The average Bonchev–Trinajstić information content (AvgIpc) is 3.72. The maximum absolute atomic E-state index is 14.5. The van der Waals surface area contributed by atoms with Crippen LogP contribution in [-0.2, 0) is 67.4 Å². The number of carbonyl (C=O) groups is 7. The number of allylic oxidation sites excluding steroid dienone is 8. The molecule has 1 aliphatic carbocycles. The van der Waals surface area contributed by atoms with E-state index in [-0.39, 0.29) is 83.0 Å². The molecule has 0 aliphatic heterocycles. The van der Waals surface area contributed by atoms with Crippen molar-refractivity contribution < 1.29 is 47.8 Å². The molecule has 0 unspecified atom stereocenters. The van der Waals surface area contributed by atoms with E-state index in [9.17, 15) is 33.6 Å². The SMILES string of the molecule is C=C1C=C(N(C)C)/C=C\C/C=C(C(=O)Cn2cc(CN(CC(=O)N(CCOC)CC(N)=O)C(=O)CN(Cc3ccccc3)C(=O)CN(CCOC)C(=O)CN(CCOC)C(C)=O)nn2)\C=C/1. The van der Waals surface area contributed by atoms with Crippen molar-refractivity contribution in [1.29, 1.82) is 0 Å². The van der Waals surface area contributed by atoms with Crippen LogP contribution in [0.3, 0.4) is 0 Å². The molecule has 1 heterocycles. The molecule has 0 fully saturated rings. The standard InChI is InChI=1S/C46H64N10O10/c1-35-17-18-38(15-11-12-16-40(25-35)50(3)4)41(58)29-56-28-39(48-49-56)27-55(33-44(61)52(20-23-65-6)30-42(47)59)46(63)34-54(26-37-13-9-8-10-14-37)45(62)32-53(21-24-66-7)43(60)31-51(36(2)57)19-22-64-5/h8-10,12-18,25,28H,1,11,19-24,26-27,29-34H2,2-7H3,(H2,47,59)/b16-12-,18-17-,38-15+,40-25?. The van der Waals surface area contributed by atoms with E-state index in [0.717, 1.165) is 10.6 Å². The lowest BCUT2D eigenvalue weighted by Crippen LogP contribution is -2.51. The predicted molar refractivity (Wildman–Crippen MR) is 244 cm³/mol. The molecule has 20 heteroatoms. The highest BCUT2D eigenvalue weighted by Gasteiger charge is 2.29. The number of nitrogens with zero attached hydrogens (tertiary/aromatic N) is 9. The molecule has 66 heavy (non-hydrogen) atoms. The Hall–Kier alpha value is -6.77. The quantitative estimate of drug-likeness (QED) is 0.130. The maximum atomic E-state index is 14.5. The van der Waals surface area contributed by atoms with Crippen LogP contribution >= 0.6 is 0 Å². The fourth-order valence-electron chi connectivity index (χ4n) is 6.39. The lowest BCUT2D eigenvalue weighted by molar-refractivity contribution is -0.148. The highest BCUT2D eigenvalue weighted by molar-refractivity contribution is 5.98. The zero-order chi connectivity index (χ0) is 48.6. The number of rotatable bonds is 27. The van der Waals surface area contributed by atoms with Gasteiger partial charge in [-0.1, -0.05) is 66.4 Å². The summed E-state index contributed by atoms with van der Waals surface area (Å²) >= 11 is 0. The molecule has 0 saturated carbocycles. The van der Waals surface area contributed by atoms with Gasteiger partial charge in [0.25, 0.3) is 0 Å². The zero-order valence-corrected chi connectivity index (χ0v) is 38.9. The van der Waals surface area contributed by atoms with E-state index in [1.165, 1.54) is 58.7 Å². The number of primary amides is 1. The van der Waals surface area contributed by atoms with Crippen LogP contribution in [0.25, 0.3) is 0 Å². The smallest absolute Gasteiger partial charge is 0.243 e. The summed E-state index contributed by atoms with van der Waals surface area (Å²) in [5.74, 6) is -3.85. The molecule has 0 saturated heterocycles. The van der Waals surface area contributed by atoms with Crippen molar-refractivity contribution in [2.45, 2.75) is 33.0 Å². The van der Waals surface area contributed by atoms with Crippen molar-refractivity contribution in [3.63, 3.8) is 0 Å². The van der Waals surface area contributed by atoms with E-state index in [4.69, 9.17) is 19.9 Å². The average molecular weight is 917 g/mol. The monoisotopic (exact) mass is 916 g/mol. The molecule has 20 nitrogen and oxygen atoms in total. The van der Waals surface area contributed by atoms with Crippen molar-refractivity contribution in [3.8, 4) is 0 Å². The van der Waals surface area contributed by atoms with Gasteiger partial charge in [0.05, 0.1) is 52.2 Å². The van der Waals surface area contributed by atoms with Crippen molar-refractivity contribution in [3.05, 3.63) is 108 Å². The number of methoxy groups -OCH3 is 3. The summed E-state index contributed by atoms with van der Waals surface area (Å²) in [6.07, 6.45) is 13.0. The first-order valence-corrected chi connectivity index (χ1v) is 21.3. The Labute approximate surface area is 386 Å². The van der Waals surface area contributed by atoms with Crippen molar-refractivity contribution in [1.82, 2.24) is 44.4 Å². The van der Waals surface area contributed by atoms with Gasteiger partial charge in [0.15, 0.2) is 5.78 Å². The Morgan fingerprint density at radius 2 is 1.24 bits per heavy atom. The van der Waals surface area contributed by atoms with E-state index in [0.29, 0.717) is 23.1 Å². The number of carbonyl (C=O) groups excluding carboxylic acids is 7. The second-order valence-electron chi connectivity index (χ2n) is 15.5. The molecule has 0 bridgehead atoms. The number of likely N-dealkylation sites (N-methyl/N-ethyl adjacent to an activating group) is 1. The van der Waals surface area contributed by atoms with Gasteiger partial charge < -0.3 is 49.3 Å². The first-order chi connectivity index (χ1) is 31.5. The molecule has 6 amide bonds. The minimum Gasteiger partial charge on any atom is -0.383 e. The highest BCUT2D eigenvalue weighted by Crippen LogP contribution is 2.15. The van der Waals surface area contributed by atoms with Crippen LogP contribution in [0, 0.1) is 0 Å². The first-order valence-electron chi connectivity index (χ1n) is 21.3. The van der Waals surface area contributed by atoms with Gasteiger partial charge in [-0.15, -0.1) is 5.10 Å². The van der Waals surface area contributed by atoms with E-state index in [1.54, 1.807) is 48.6 Å². The largest absolute Gasteiger partial charge is 0.383 e. The van der Waals surface area contributed by atoms with Crippen molar-refractivity contribution >= 4 is 41.2 Å². The Morgan fingerprint density at radius 1 is 0.712 bits per heavy atom. The topological polar surface area (TPSA) is 223 Å². The summed E-state index contributed by atoms with van der Waals surface area (Å²) in [6.45, 7) is 3.04. The predicted octanol–water partition coefficient (Wildman–Crippen LogP) is 0.579. The molecule has 1 aliphatic rings. The Bertz CT molecular complexity index is 2110. The molecule has 0 spiro atoms.